The molecule has 1 heterocycles. The summed E-state index contributed by atoms with van der Waals surface area (Å²) in [6, 6.07) is 7.47. The molecule has 1 aliphatic rings. The van der Waals surface area contributed by atoms with Gasteiger partial charge in [0.05, 0.1) is 18.1 Å². The zero-order chi connectivity index (χ0) is 12.6. The van der Waals surface area contributed by atoms with Gasteiger partial charge in [0, 0.05) is 5.02 Å². The summed E-state index contributed by atoms with van der Waals surface area (Å²) in [7, 11) is 0. The normalized spacial score (nSPS) is 23.2. The van der Waals surface area contributed by atoms with E-state index in [2.05, 4.69) is 0 Å². The highest BCUT2D eigenvalue weighted by Crippen LogP contribution is 2.34. The Kier molecular flexibility index (Phi) is 3.15. The highest BCUT2D eigenvalue weighted by atomic mass is 35.5. The Labute approximate surface area is 106 Å². The van der Waals surface area contributed by atoms with Gasteiger partial charge in [-0.1, -0.05) is 29.8 Å². The van der Waals surface area contributed by atoms with E-state index in [4.69, 9.17) is 16.4 Å². The Morgan fingerprint density at radius 1 is 1.41 bits per heavy atom. The summed E-state index contributed by atoms with van der Waals surface area (Å²) in [4.78, 5) is 17.7. The molecule has 1 aliphatic heterocycles. The van der Waals surface area contributed by atoms with E-state index >= 15 is 0 Å². The van der Waals surface area contributed by atoms with Crippen molar-refractivity contribution < 1.29 is 9.63 Å². The lowest BCUT2D eigenvalue weighted by atomic mass is 9.87. The number of amides is 1. The van der Waals surface area contributed by atoms with Crippen molar-refractivity contribution in [3.05, 3.63) is 34.9 Å². The Morgan fingerprint density at radius 3 is 2.59 bits per heavy atom. The second kappa shape index (κ2) is 4.31. The smallest absolute Gasteiger partial charge is 0.254 e. The molecule has 0 bridgehead atoms. The van der Waals surface area contributed by atoms with Crippen molar-refractivity contribution in [2.45, 2.75) is 33.4 Å². The first-order chi connectivity index (χ1) is 7.93. The summed E-state index contributed by atoms with van der Waals surface area (Å²) in [5.74, 6) is 0.00456. The van der Waals surface area contributed by atoms with Crippen molar-refractivity contribution in [2.75, 3.05) is 0 Å². The third-order valence-electron chi connectivity index (χ3n) is 3.35. The average molecular weight is 254 g/mol. The van der Waals surface area contributed by atoms with E-state index < -0.39 is 5.41 Å². The first-order valence-corrected chi connectivity index (χ1v) is 6.03. The number of halogens is 1. The molecule has 0 spiro atoms. The molecule has 0 radical (unpaired) electrons. The van der Waals surface area contributed by atoms with Crippen LogP contribution in [0.2, 0.25) is 5.02 Å². The van der Waals surface area contributed by atoms with Gasteiger partial charge in [0.15, 0.2) is 0 Å². The third-order valence-corrected chi connectivity index (χ3v) is 3.72. The topological polar surface area (TPSA) is 29.5 Å². The van der Waals surface area contributed by atoms with Gasteiger partial charge < -0.3 is 0 Å². The summed E-state index contributed by atoms with van der Waals surface area (Å²) < 4.78 is 0. The van der Waals surface area contributed by atoms with Gasteiger partial charge >= 0.3 is 0 Å². The molecule has 1 unspecified atom stereocenters. The third kappa shape index (κ3) is 2.17. The van der Waals surface area contributed by atoms with Crippen molar-refractivity contribution in [3.63, 3.8) is 0 Å². The lowest BCUT2D eigenvalue weighted by Gasteiger charge is -2.17. The van der Waals surface area contributed by atoms with Gasteiger partial charge in [0.1, 0.15) is 0 Å². The van der Waals surface area contributed by atoms with Gasteiger partial charge in [-0.3, -0.25) is 9.63 Å². The minimum atomic E-state index is -0.471. The molecule has 1 saturated heterocycles. The SMILES string of the molecule is CC1ON(Cc2ccccc2Cl)C(=O)C1(C)C. The predicted molar refractivity (Wildman–Crippen MR) is 66.3 cm³/mol. The molecule has 0 N–H and O–H groups in total. The molecule has 0 saturated carbocycles. The minimum Gasteiger partial charge on any atom is -0.272 e. The summed E-state index contributed by atoms with van der Waals surface area (Å²) in [6.45, 7) is 6.09. The Bertz CT molecular complexity index is 445. The van der Waals surface area contributed by atoms with E-state index in [1.165, 1.54) is 5.06 Å². The van der Waals surface area contributed by atoms with Crippen molar-refractivity contribution >= 4 is 17.5 Å². The number of carbonyl (C=O) groups excluding carboxylic acids is 1. The van der Waals surface area contributed by atoms with E-state index in [1.54, 1.807) is 0 Å². The Hall–Kier alpha value is -1.06. The molecule has 1 fully saturated rings. The van der Waals surface area contributed by atoms with E-state index in [9.17, 15) is 4.79 Å². The van der Waals surface area contributed by atoms with E-state index in [0.29, 0.717) is 11.6 Å². The molecule has 3 nitrogen and oxygen atoms in total. The number of hydrogen-bond donors (Lipinski definition) is 0. The molecular formula is C13H16ClNO2. The van der Waals surface area contributed by atoms with E-state index in [0.717, 1.165) is 5.56 Å². The van der Waals surface area contributed by atoms with Crippen LogP contribution in [0.4, 0.5) is 0 Å². The van der Waals surface area contributed by atoms with E-state index in [-0.39, 0.29) is 12.0 Å². The minimum absolute atomic E-state index is 0.00456. The maximum absolute atomic E-state index is 12.1. The Balaban J connectivity index is 2.17. The van der Waals surface area contributed by atoms with Crippen molar-refractivity contribution in [2.24, 2.45) is 5.41 Å². The fraction of sp³-hybridized carbons (Fsp3) is 0.462. The monoisotopic (exact) mass is 253 g/mol. The molecule has 1 atom stereocenters. The van der Waals surface area contributed by atoms with Crippen LogP contribution in [-0.2, 0) is 16.2 Å². The number of rotatable bonds is 2. The lowest BCUT2D eigenvalue weighted by Crippen LogP contribution is -2.32. The van der Waals surface area contributed by atoms with E-state index in [1.807, 2.05) is 45.0 Å². The molecule has 4 heteroatoms. The van der Waals surface area contributed by atoms with Crippen LogP contribution in [-0.4, -0.2) is 17.1 Å². The molecule has 1 amide bonds. The largest absolute Gasteiger partial charge is 0.272 e. The molecular weight excluding hydrogens is 238 g/mol. The lowest BCUT2D eigenvalue weighted by molar-refractivity contribution is -0.174. The standard InChI is InChI=1S/C13H16ClNO2/c1-9-13(2,3)12(16)15(17-9)8-10-6-4-5-7-11(10)14/h4-7,9H,8H2,1-3H3. The van der Waals surface area contributed by atoms with Crippen LogP contribution < -0.4 is 0 Å². The first kappa shape index (κ1) is 12.4. The highest BCUT2D eigenvalue weighted by molar-refractivity contribution is 6.31. The molecule has 92 valence electrons. The van der Waals surface area contributed by atoms with Crippen LogP contribution in [0.5, 0.6) is 0 Å². The van der Waals surface area contributed by atoms with Gasteiger partial charge in [-0.2, -0.15) is 0 Å². The molecule has 0 aromatic heterocycles. The molecule has 1 aromatic carbocycles. The number of carbonyl (C=O) groups is 1. The van der Waals surface area contributed by atoms with Crippen LogP contribution in [0.25, 0.3) is 0 Å². The molecule has 17 heavy (non-hydrogen) atoms. The number of hydroxylamine groups is 2. The van der Waals surface area contributed by atoms with Gasteiger partial charge in [-0.05, 0) is 32.4 Å². The highest BCUT2D eigenvalue weighted by Gasteiger charge is 2.46. The van der Waals surface area contributed by atoms with Gasteiger partial charge in [0.2, 0.25) is 0 Å². The van der Waals surface area contributed by atoms with Crippen molar-refractivity contribution in [1.82, 2.24) is 5.06 Å². The maximum atomic E-state index is 12.1. The fourth-order valence-corrected chi connectivity index (χ4v) is 1.95. The average Bonchev–Trinajstić information content (AvgIpc) is 2.46. The summed E-state index contributed by atoms with van der Waals surface area (Å²) in [5.41, 5.74) is 0.425. The molecule has 2 rings (SSSR count). The van der Waals surface area contributed by atoms with Crippen LogP contribution in [0, 0.1) is 5.41 Å². The summed E-state index contributed by atoms with van der Waals surface area (Å²) in [5, 5.41) is 2.06. The predicted octanol–water partition coefficient (Wildman–Crippen LogP) is 3.03. The van der Waals surface area contributed by atoms with Crippen molar-refractivity contribution in [1.29, 1.82) is 0 Å². The van der Waals surface area contributed by atoms with Gasteiger partial charge in [0.25, 0.3) is 5.91 Å². The summed E-state index contributed by atoms with van der Waals surface area (Å²) in [6.07, 6.45) is -0.113. The number of hydrogen-bond acceptors (Lipinski definition) is 2. The van der Waals surface area contributed by atoms with Gasteiger partial charge in [-0.25, -0.2) is 5.06 Å². The zero-order valence-corrected chi connectivity index (χ0v) is 11.0. The first-order valence-electron chi connectivity index (χ1n) is 5.65. The van der Waals surface area contributed by atoms with Crippen LogP contribution in [0.15, 0.2) is 24.3 Å². The molecule has 0 aliphatic carbocycles. The number of nitrogens with zero attached hydrogens (tertiary/aromatic N) is 1. The zero-order valence-electron chi connectivity index (χ0n) is 10.2. The van der Waals surface area contributed by atoms with Crippen LogP contribution in [0.1, 0.15) is 26.3 Å². The van der Waals surface area contributed by atoms with Gasteiger partial charge in [-0.15, -0.1) is 0 Å². The fourth-order valence-electron chi connectivity index (χ4n) is 1.76. The Morgan fingerprint density at radius 2 is 2.06 bits per heavy atom. The summed E-state index contributed by atoms with van der Waals surface area (Å²) >= 11 is 6.06. The van der Waals surface area contributed by atoms with Crippen LogP contribution >= 0.6 is 11.6 Å². The van der Waals surface area contributed by atoms with Crippen molar-refractivity contribution in [3.8, 4) is 0 Å². The van der Waals surface area contributed by atoms with Crippen LogP contribution in [0.3, 0.4) is 0 Å². The molecule has 1 aromatic rings. The second-order valence-corrected chi connectivity index (χ2v) is 5.31. The second-order valence-electron chi connectivity index (χ2n) is 4.90. The maximum Gasteiger partial charge on any atom is 0.254 e. The number of benzene rings is 1. The quantitative estimate of drug-likeness (QED) is 0.811.